The number of halogens is 1. The Labute approximate surface area is 174 Å². The highest BCUT2D eigenvalue weighted by molar-refractivity contribution is 14.0. The Morgan fingerprint density at radius 1 is 1.27 bits per heavy atom. The maximum absolute atomic E-state index is 5.89. The monoisotopic (exact) mass is 473 g/mol. The third kappa shape index (κ3) is 6.01. The first-order valence-corrected chi connectivity index (χ1v) is 9.48. The van der Waals surface area contributed by atoms with E-state index in [2.05, 4.69) is 53.7 Å². The van der Waals surface area contributed by atoms with Gasteiger partial charge in [-0.3, -0.25) is 4.99 Å². The first-order chi connectivity index (χ1) is 12.1. The van der Waals surface area contributed by atoms with Gasteiger partial charge in [-0.2, -0.15) is 0 Å². The second-order valence-electron chi connectivity index (χ2n) is 7.46. The molecule has 1 aromatic carbocycles. The lowest BCUT2D eigenvalue weighted by Gasteiger charge is -2.22. The molecule has 6 heteroatoms. The number of guanidine groups is 1. The number of fused-ring (bicyclic) bond motifs is 2. The predicted octanol–water partition coefficient (Wildman–Crippen LogP) is 3.37. The Morgan fingerprint density at radius 3 is 2.62 bits per heavy atom. The molecule has 3 atom stereocenters. The quantitative estimate of drug-likeness (QED) is 0.362. The van der Waals surface area contributed by atoms with Crippen LogP contribution in [0.2, 0.25) is 0 Å². The van der Waals surface area contributed by atoms with E-state index in [1.54, 1.807) is 0 Å². The van der Waals surface area contributed by atoms with Crippen molar-refractivity contribution in [2.75, 3.05) is 20.2 Å². The molecule has 0 radical (unpaired) electrons. The van der Waals surface area contributed by atoms with Crippen molar-refractivity contribution in [1.29, 1.82) is 0 Å². The standard InChI is InChI=1S/C20H31N3O2.HI/c1-14(2)13-24-16-6-4-15(5-7-16)10-11-22-20(21-3)23-18-12-17-8-9-19(18)25-17;/h4-7,14,17-19H,8-13H2,1-3H3,(H2,21,22,23);1H. The molecule has 0 aliphatic carbocycles. The number of benzene rings is 1. The van der Waals surface area contributed by atoms with E-state index in [9.17, 15) is 0 Å². The van der Waals surface area contributed by atoms with Crippen molar-refractivity contribution in [3.05, 3.63) is 29.8 Å². The number of nitrogens with one attached hydrogen (secondary N) is 2. The van der Waals surface area contributed by atoms with Gasteiger partial charge in [-0.25, -0.2) is 0 Å². The van der Waals surface area contributed by atoms with Gasteiger partial charge < -0.3 is 20.1 Å². The van der Waals surface area contributed by atoms with Crippen LogP contribution in [0.5, 0.6) is 5.75 Å². The summed E-state index contributed by atoms with van der Waals surface area (Å²) in [5.41, 5.74) is 1.29. The third-order valence-electron chi connectivity index (χ3n) is 4.86. The van der Waals surface area contributed by atoms with E-state index in [4.69, 9.17) is 9.47 Å². The minimum Gasteiger partial charge on any atom is -0.493 e. The lowest BCUT2D eigenvalue weighted by Crippen LogP contribution is -2.47. The van der Waals surface area contributed by atoms with Crippen LogP contribution in [0.25, 0.3) is 0 Å². The lowest BCUT2D eigenvalue weighted by atomic mass is 9.96. The first kappa shape index (κ1) is 21.3. The fourth-order valence-corrected chi connectivity index (χ4v) is 3.50. The zero-order valence-electron chi connectivity index (χ0n) is 16.0. The minimum absolute atomic E-state index is 0. The Morgan fingerprint density at radius 2 is 2.04 bits per heavy atom. The highest BCUT2D eigenvalue weighted by atomic mass is 127. The van der Waals surface area contributed by atoms with Gasteiger partial charge >= 0.3 is 0 Å². The second-order valence-corrected chi connectivity index (χ2v) is 7.46. The first-order valence-electron chi connectivity index (χ1n) is 9.48. The van der Waals surface area contributed by atoms with Gasteiger partial charge in [0.25, 0.3) is 0 Å². The van der Waals surface area contributed by atoms with E-state index in [0.29, 0.717) is 24.2 Å². The average Bonchev–Trinajstić information content (AvgIpc) is 3.23. The maximum atomic E-state index is 5.89. The van der Waals surface area contributed by atoms with Crippen LogP contribution in [-0.2, 0) is 11.2 Å². The van der Waals surface area contributed by atoms with Gasteiger partial charge in [-0.1, -0.05) is 26.0 Å². The van der Waals surface area contributed by atoms with E-state index < -0.39 is 0 Å². The molecule has 0 spiro atoms. The summed E-state index contributed by atoms with van der Waals surface area (Å²) in [4.78, 5) is 4.34. The molecule has 1 aromatic rings. The largest absolute Gasteiger partial charge is 0.493 e. The molecular weight excluding hydrogens is 441 g/mol. The van der Waals surface area contributed by atoms with Crippen LogP contribution in [0.15, 0.2) is 29.3 Å². The van der Waals surface area contributed by atoms with Gasteiger partial charge in [0.2, 0.25) is 0 Å². The number of hydrogen-bond acceptors (Lipinski definition) is 3. The molecule has 2 N–H and O–H groups in total. The van der Waals surface area contributed by atoms with E-state index in [0.717, 1.165) is 37.7 Å². The van der Waals surface area contributed by atoms with Gasteiger partial charge in [0.15, 0.2) is 5.96 Å². The molecule has 26 heavy (non-hydrogen) atoms. The van der Waals surface area contributed by atoms with Crippen molar-refractivity contribution in [1.82, 2.24) is 10.6 Å². The third-order valence-corrected chi connectivity index (χ3v) is 4.86. The zero-order chi connectivity index (χ0) is 17.6. The fraction of sp³-hybridized carbons (Fsp3) is 0.650. The van der Waals surface area contributed by atoms with Crippen molar-refractivity contribution >= 4 is 29.9 Å². The van der Waals surface area contributed by atoms with Crippen molar-refractivity contribution in [3.63, 3.8) is 0 Å². The molecule has 2 heterocycles. The molecule has 0 aromatic heterocycles. The number of aliphatic imine (C=N–C) groups is 1. The van der Waals surface area contributed by atoms with Crippen LogP contribution in [0.1, 0.15) is 38.7 Å². The van der Waals surface area contributed by atoms with Gasteiger partial charge in [0.05, 0.1) is 24.9 Å². The van der Waals surface area contributed by atoms with Gasteiger partial charge in [0.1, 0.15) is 5.75 Å². The van der Waals surface area contributed by atoms with Crippen LogP contribution in [0, 0.1) is 5.92 Å². The second kappa shape index (κ2) is 10.3. The van der Waals surface area contributed by atoms with Crippen molar-refractivity contribution < 1.29 is 9.47 Å². The molecule has 0 saturated carbocycles. The van der Waals surface area contributed by atoms with Crippen LogP contribution in [0.3, 0.4) is 0 Å². The lowest BCUT2D eigenvalue weighted by molar-refractivity contribution is 0.0992. The van der Waals surface area contributed by atoms with Gasteiger partial charge in [0, 0.05) is 13.6 Å². The molecule has 5 nitrogen and oxygen atoms in total. The summed E-state index contributed by atoms with van der Waals surface area (Å²) in [6.07, 6.45) is 5.26. The highest BCUT2D eigenvalue weighted by Crippen LogP contribution is 2.34. The minimum atomic E-state index is 0. The Kier molecular flexibility index (Phi) is 8.47. The van der Waals surface area contributed by atoms with Crippen LogP contribution in [-0.4, -0.2) is 44.4 Å². The van der Waals surface area contributed by atoms with E-state index in [-0.39, 0.29) is 24.0 Å². The Hall–Kier alpha value is -1.02. The van der Waals surface area contributed by atoms with Crippen LogP contribution >= 0.6 is 24.0 Å². The van der Waals surface area contributed by atoms with Gasteiger partial charge in [-0.15, -0.1) is 24.0 Å². The van der Waals surface area contributed by atoms with Crippen LogP contribution in [0.4, 0.5) is 0 Å². The summed E-state index contributed by atoms with van der Waals surface area (Å²) in [6, 6.07) is 8.78. The average molecular weight is 473 g/mol. The van der Waals surface area contributed by atoms with E-state index in [1.165, 1.54) is 18.4 Å². The molecule has 146 valence electrons. The highest BCUT2D eigenvalue weighted by Gasteiger charge is 2.41. The zero-order valence-corrected chi connectivity index (χ0v) is 18.4. The maximum Gasteiger partial charge on any atom is 0.191 e. The normalized spacial score (nSPS) is 24.5. The molecule has 3 unspecified atom stereocenters. The van der Waals surface area contributed by atoms with E-state index >= 15 is 0 Å². The fourth-order valence-electron chi connectivity index (χ4n) is 3.50. The smallest absolute Gasteiger partial charge is 0.191 e. The topological polar surface area (TPSA) is 54.9 Å². The molecule has 2 saturated heterocycles. The summed E-state index contributed by atoms with van der Waals surface area (Å²) < 4.78 is 11.6. The Bertz CT molecular complexity index is 577. The summed E-state index contributed by atoms with van der Waals surface area (Å²) in [5.74, 6) is 2.36. The van der Waals surface area contributed by atoms with Crippen molar-refractivity contribution in [3.8, 4) is 5.75 Å². The van der Waals surface area contributed by atoms with Crippen LogP contribution < -0.4 is 15.4 Å². The Balaban J connectivity index is 0.00000243. The summed E-state index contributed by atoms with van der Waals surface area (Å²) in [5, 5.41) is 6.92. The number of ether oxygens (including phenoxy) is 2. The SMILES string of the molecule is CN=C(NCCc1ccc(OCC(C)C)cc1)NC1CC2CCC1O2.I. The summed E-state index contributed by atoms with van der Waals surface area (Å²) in [6.45, 7) is 5.93. The number of nitrogens with zero attached hydrogens (tertiary/aromatic N) is 1. The molecule has 2 aliphatic heterocycles. The van der Waals surface area contributed by atoms with Crippen molar-refractivity contribution in [2.24, 2.45) is 10.9 Å². The molecule has 3 rings (SSSR count). The number of rotatable bonds is 7. The van der Waals surface area contributed by atoms with Gasteiger partial charge in [-0.05, 0) is 49.3 Å². The molecule has 2 fully saturated rings. The van der Waals surface area contributed by atoms with Crippen molar-refractivity contribution in [2.45, 2.75) is 57.8 Å². The summed E-state index contributed by atoms with van der Waals surface area (Å²) in [7, 11) is 1.82. The number of hydrogen-bond donors (Lipinski definition) is 2. The molecular formula is C20H32IN3O2. The molecule has 2 aliphatic rings. The predicted molar refractivity (Wildman–Crippen MR) is 117 cm³/mol. The summed E-state index contributed by atoms with van der Waals surface area (Å²) >= 11 is 0. The molecule has 2 bridgehead atoms. The molecule has 0 amide bonds. The van der Waals surface area contributed by atoms with E-state index in [1.807, 2.05) is 7.05 Å².